The molecule has 0 atom stereocenters. The highest BCUT2D eigenvalue weighted by molar-refractivity contribution is 7.26. The Balaban J connectivity index is 0.878. The molecule has 0 saturated carbocycles. The predicted octanol–water partition coefficient (Wildman–Crippen LogP) is 21.3. The van der Waals surface area contributed by atoms with E-state index in [9.17, 15) is 0 Å². The molecule has 0 aliphatic carbocycles. The maximum Gasteiger partial charge on any atom is 0.0540 e. The van der Waals surface area contributed by atoms with Crippen LogP contribution >= 0.6 is 22.7 Å². The Kier molecular flexibility index (Phi) is 10.7. The Morgan fingerprint density at radius 1 is 0.257 bits per heavy atom. The van der Waals surface area contributed by atoms with Gasteiger partial charge in [0.1, 0.15) is 0 Å². The van der Waals surface area contributed by atoms with Crippen molar-refractivity contribution in [1.82, 2.24) is 0 Å². The minimum Gasteiger partial charge on any atom is -0.310 e. The first-order valence-corrected chi connectivity index (χ1v) is 26.9. The molecule has 0 spiro atoms. The van der Waals surface area contributed by atoms with Crippen molar-refractivity contribution in [3.05, 3.63) is 266 Å². The monoisotopic (exact) mass is 980 g/mol. The van der Waals surface area contributed by atoms with Gasteiger partial charge in [0, 0.05) is 74.2 Å². The van der Waals surface area contributed by atoms with E-state index in [1.807, 2.05) is 22.7 Å². The fourth-order valence-corrected chi connectivity index (χ4v) is 13.4. The summed E-state index contributed by atoms with van der Waals surface area (Å²) >= 11 is 3.72. The van der Waals surface area contributed by atoms with Crippen molar-refractivity contribution in [2.45, 2.75) is 13.8 Å². The van der Waals surface area contributed by atoms with Gasteiger partial charge in [0.05, 0.1) is 11.4 Å². The van der Waals surface area contributed by atoms with Gasteiger partial charge in [-0.3, -0.25) is 0 Å². The minimum absolute atomic E-state index is 1.12. The molecule has 0 bridgehead atoms. The van der Waals surface area contributed by atoms with Crippen molar-refractivity contribution in [3.8, 4) is 33.4 Å². The van der Waals surface area contributed by atoms with E-state index in [-0.39, 0.29) is 0 Å². The number of aryl methyl sites for hydroxylation is 2. The van der Waals surface area contributed by atoms with Gasteiger partial charge in [-0.2, -0.15) is 0 Å². The fraction of sp³-hybridized carbons (Fsp3) is 0.0286. The summed E-state index contributed by atoms with van der Waals surface area (Å²) in [5, 5.41) is 10.1. The summed E-state index contributed by atoms with van der Waals surface area (Å²) in [7, 11) is 0. The molecule has 0 aliphatic heterocycles. The molecule has 14 aromatic rings. The number of anilines is 6. The summed E-state index contributed by atoms with van der Waals surface area (Å²) in [5.41, 5.74) is 16.3. The molecule has 2 heterocycles. The quantitative estimate of drug-likeness (QED) is 0.142. The molecule has 14 rings (SSSR count). The first-order valence-electron chi connectivity index (χ1n) is 25.3. The molecule has 2 nitrogen and oxygen atoms in total. The van der Waals surface area contributed by atoms with E-state index in [0.717, 1.165) is 34.1 Å². The molecule has 74 heavy (non-hydrogen) atoms. The van der Waals surface area contributed by atoms with E-state index < -0.39 is 0 Å². The lowest BCUT2D eigenvalue weighted by Crippen LogP contribution is -2.13. The molecule has 0 fully saturated rings. The molecule has 0 saturated heterocycles. The van der Waals surface area contributed by atoms with Crippen LogP contribution in [0.15, 0.2) is 255 Å². The van der Waals surface area contributed by atoms with Crippen LogP contribution in [0.4, 0.5) is 34.1 Å². The van der Waals surface area contributed by atoms with Crippen LogP contribution in [0.3, 0.4) is 0 Å². The van der Waals surface area contributed by atoms with Crippen molar-refractivity contribution in [2.24, 2.45) is 0 Å². The highest BCUT2D eigenvalue weighted by Crippen LogP contribution is 2.48. The summed E-state index contributed by atoms with van der Waals surface area (Å²) in [5.74, 6) is 0. The highest BCUT2D eigenvalue weighted by atomic mass is 32.1. The average molecular weight is 981 g/mol. The predicted molar refractivity (Wildman–Crippen MR) is 322 cm³/mol. The van der Waals surface area contributed by atoms with Gasteiger partial charge < -0.3 is 9.80 Å². The molecule has 2 aromatic heterocycles. The summed E-state index contributed by atoms with van der Waals surface area (Å²) in [6.07, 6.45) is 0. The second-order valence-corrected chi connectivity index (χ2v) is 21.6. The number of rotatable bonds is 9. The summed E-state index contributed by atoms with van der Waals surface area (Å²) in [6, 6.07) is 94.2. The van der Waals surface area contributed by atoms with Gasteiger partial charge >= 0.3 is 0 Å². The van der Waals surface area contributed by atoms with Crippen molar-refractivity contribution in [1.29, 1.82) is 0 Å². The van der Waals surface area contributed by atoms with Gasteiger partial charge in [-0.15, -0.1) is 22.7 Å². The van der Waals surface area contributed by atoms with Crippen LogP contribution in [0.25, 0.3) is 95.3 Å². The second-order valence-electron chi connectivity index (χ2n) is 19.4. The number of benzene rings is 12. The topological polar surface area (TPSA) is 6.48 Å². The van der Waals surface area contributed by atoms with Crippen LogP contribution < -0.4 is 9.80 Å². The lowest BCUT2D eigenvalue weighted by molar-refractivity contribution is 1.25. The van der Waals surface area contributed by atoms with Crippen LogP contribution in [0.2, 0.25) is 0 Å². The molecule has 0 N–H and O–H groups in total. The Morgan fingerprint density at radius 3 is 1.09 bits per heavy atom. The first-order chi connectivity index (χ1) is 36.5. The van der Waals surface area contributed by atoms with Gasteiger partial charge in [0.25, 0.3) is 0 Å². The zero-order valence-corrected chi connectivity index (χ0v) is 42.6. The number of hydrogen-bond donors (Lipinski definition) is 0. The van der Waals surface area contributed by atoms with Crippen LogP contribution in [-0.2, 0) is 0 Å². The molecule has 12 aromatic carbocycles. The molecule has 0 radical (unpaired) electrons. The number of nitrogens with zero attached hydrogens (tertiary/aromatic N) is 2. The van der Waals surface area contributed by atoms with E-state index in [2.05, 4.69) is 278 Å². The molecule has 0 amide bonds. The van der Waals surface area contributed by atoms with Crippen molar-refractivity contribution < 1.29 is 0 Å². The molecular formula is C70H48N2S2. The number of fused-ring (bicyclic) bond motifs is 8. The zero-order chi connectivity index (χ0) is 49.3. The lowest BCUT2D eigenvalue weighted by atomic mass is 9.96. The molecule has 350 valence electrons. The van der Waals surface area contributed by atoms with Gasteiger partial charge in [-0.05, 0) is 166 Å². The Bertz CT molecular complexity index is 4210. The smallest absolute Gasteiger partial charge is 0.0540 e. The third kappa shape index (κ3) is 7.61. The molecule has 4 heteroatoms. The standard InChI is InChI=1S/C70H48N2S2/c1-45-39-51(29-35-63(45)71(55-33-27-47-15-3-5-17-49(47)41-55)65-23-11-7-19-57(65)53-31-37-69-61(43-53)59-21-9-13-25-67(59)73-69)52-30-36-64(46(2)40-52)72(56-34-28-48-16-4-6-18-50(48)42-56)66-24-12-8-20-58(66)54-32-38-70-62(44-54)60-22-10-14-26-68(60)74-70/h3-44H,1-2H3. The SMILES string of the molecule is Cc1cc(-c2ccc(N(c3ccc4ccccc4c3)c3ccccc3-c3ccc4sc5ccccc5c4c3)c(C)c2)ccc1N(c1ccc2ccccc2c1)c1ccccc1-c1ccc2sc3ccccc3c2c1. The van der Waals surface area contributed by atoms with E-state index >= 15 is 0 Å². The van der Waals surface area contributed by atoms with Crippen LogP contribution in [0.5, 0.6) is 0 Å². The van der Waals surface area contributed by atoms with Crippen LogP contribution in [0, 0.1) is 13.8 Å². The van der Waals surface area contributed by atoms with Crippen molar-refractivity contribution >= 4 is 119 Å². The molecule has 0 aliphatic rings. The molecule has 0 unspecified atom stereocenters. The van der Waals surface area contributed by atoms with E-state index in [4.69, 9.17) is 0 Å². The number of thiophene rings is 2. The maximum absolute atomic E-state index is 2.46. The largest absolute Gasteiger partial charge is 0.310 e. The van der Waals surface area contributed by atoms with Gasteiger partial charge in [0.2, 0.25) is 0 Å². The van der Waals surface area contributed by atoms with E-state index in [1.165, 1.54) is 106 Å². The van der Waals surface area contributed by atoms with Crippen LogP contribution in [-0.4, -0.2) is 0 Å². The van der Waals surface area contributed by atoms with Crippen molar-refractivity contribution in [3.63, 3.8) is 0 Å². The Labute approximate surface area is 438 Å². The molecular weight excluding hydrogens is 933 g/mol. The van der Waals surface area contributed by atoms with E-state index in [0.29, 0.717) is 0 Å². The Morgan fingerprint density at radius 2 is 0.635 bits per heavy atom. The third-order valence-corrected chi connectivity index (χ3v) is 17.2. The summed E-state index contributed by atoms with van der Waals surface area (Å²) in [6.45, 7) is 4.52. The minimum atomic E-state index is 1.12. The normalized spacial score (nSPS) is 11.6. The van der Waals surface area contributed by atoms with E-state index in [1.54, 1.807) is 0 Å². The van der Waals surface area contributed by atoms with Gasteiger partial charge in [0.15, 0.2) is 0 Å². The Hall–Kier alpha value is -8.80. The highest BCUT2D eigenvalue weighted by Gasteiger charge is 2.23. The second kappa shape index (κ2) is 18.0. The zero-order valence-electron chi connectivity index (χ0n) is 41.0. The maximum atomic E-state index is 2.46. The van der Waals surface area contributed by atoms with Gasteiger partial charge in [-0.25, -0.2) is 0 Å². The average Bonchev–Trinajstić information content (AvgIpc) is 4.02. The van der Waals surface area contributed by atoms with Gasteiger partial charge in [-0.1, -0.05) is 158 Å². The lowest BCUT2D eigenvalue weighted by Gasteiger charge is -2.30. The summed E-state index contributed by atoms with van der Waals surface area (Å²) in [4.78, 5) is 4.92. The number of para-hydroxylation sites is 2. The van der Waals surface area contributed by atoms with Crippen molar-refractivity contribution in [2.75, 3.05) is 9.80 Å². The summed E-state index contributed by atoms with van der Waals surface area (Å²) < 4.78 is 5.24. The van der Waals surface area contributed by atoms with Crippen LogP contribution in [0.1, 0.15) is 11.1 Å². The number of hydrogen-bond acceptors (Lipinski definition) is 4. The fourth-order valence-electron chi connectivity index (χ4n) is 11.2. The first kappa shape index (κ1) is 43.9. The third-order valence-electron chi connectivity index (χ3n) is 14.9.